The van der Waals surface area contributed by atoms with Crippen LogP contribution in [0.5, 0.6) is 5.75 Å². The van der Waals surface area contributed by atoms with Crippen molar-refractivity contribution in [2.24, 2.45) is 0 Å². The Kier molecular flexibility index (Phi) is 4.66. The molecule has 1 atom stereocenters. The van der Waals surface area contributed by atoms with Gasteiger partial charge in [0.25, 0.3) is 5.82 Å². The molecule has 0 spiro atoms. The van der Waals surface area contributed by atoms with Crippen molar-refractivity contribution >= 4 is 5.82 Å². The van der Waals surface area contributed by atoms with Crippen LogP contribution in [0.2, 0.25) is 0 Å². The zero-order chi connectivity index (χ0) is 17.8. The summed E-state index contributed by atoms with van der Waals surface area (Å²) in [6.45, 7) is -0.511. The average molecular weight is 345 g/mol. The molecule has 128 valence electrons. The Balaban J connectivity index is 2.02. The van der Waals surface area contributed by atoms with Gasteiger partial charge in [0.05, 0.1) is 12.2 Å². The van der Waals surface area contributed by atoms with Crippen LogP contribution < -0.4 is 9.72 Å². The lowest BCUT2D eigenvalue weighted by molar-refractivity contribution is -0.390. The summed E-state index contributed by atoms with van der Waals surface area (Å²) in [7, 11) is 0. The molecule has 1 unspecified atom stereocenters. The highest BCUT2D eigenvalue weighted by molar-refractivity contribution is 5.59. The van der Waals surface area contributed by atoms with E-state index in [-0.39, 0.29) is 5.75 Å². The number of pyridine rings is 1. The van der Waals surface area contributed by atoms with E-state index in [2.05, 4.69) is 15.0 Å². The minimum atomic E-state index is -1.02. The number of hydrogen-bond donors (Lipinski definition) is 2. The second kappa shape index (κ2) is 7.05. The number of nitrogens with zero attached hydrogens (tertiary/aromatic N) is 2. The van der Waals surface area contributed by atoms with Crippen LogP contribution in [0.3, 0.4) is 0 Å². The second-order valence-corrected chi connectivity index (χ2v) is 5.10. The van der Waals surface area contributed by atoms with Gasteiger partial charge in [-0.25, -0.2) is 14.4 Å². The summed E-state index contributed by atoms with van der Waals surface area (Å²) in [5.74, 6) is -0.534. The van der Waals surface area contributed by atoms with Gasteiger partial charge in [0, 0.05) is 5.56 Å². The van der Waals surface area contributed by atoms with Crippen LogP contribution in [0.4, 0.5) is 10.2 Å². The Labute approximate surface area is 141 Å². The van der Waals surface area contributed by atoms with Gasteiger partial charge >= 0.3 is 5.82 Å². The standard InChI is InChI=1S/C16H13FN4O4/c17-10-3-4-11(15-18-6-7-19-15)12(8-10)14(9-22)25-13-2-1-5-20-16(13)21(23)24/h1-8,14,22H,9H2,(H,18,19)/p+1. The summed E-state index contributed by atoms with van der Waals surface area (Å²) in [4.78, 5) is 19.9. The number of aliphatic hydroxyl groups is 1. The van der Waals surface area contributed by atoms with Crippen molar-refractivity contribution in [1.29, 1.82) is 0 Å². The Morgan fingerprint density at radius 3 is 2.96 bits per heavy atom. The maximum atomic E-state index is 13.8. The van der Waals surface area contributed by atoms with E-state index in [0.29, 0.717) is 17.0 Å². The molecule has 25 heavy (non-hydrogen) atoms. The number of aromatic amines is 2. The fourth-order valence-electron chi connectivity index (χ4n) is 2.44. The van der Waals surface area contributed by atoms with Crippen LogP contribution >= 0.6 is 0 Å². The van der Waals surface area contributed by atoms with E-state index in [1.807, 2.05) is 0 Å². The first-order valence-corrected chi connectivity index (χ1v) is 7.32. The number of halogens is 1. The smallest absolute Gasteiger partial charge is 0.406 e. The van der Waals surface area contributed by atoms with Crippen molar-refractivity contribution in [3.05, 3.63) is 70.4 Å². The highest BCUT2D eigenvalue weighted by Gasteiger charge is 2.25. The second-order valence-electron chi connectivity index (χ2n) is 5.10. The van der Waals surface area contributed by atoms with Crippen molar-refractivity contribution in [2.45, 2.75) is 6.10 Å². The molecule has 3 N–H and O–H groups in total. The van der Waals surface area contributed by atoms with E-state index in [1.165, 1.54) is 36.5 Å². The summed E-state index contributed by atoms with van der Waals surface area (Å²) in [5, 5.41) is 20.8. The molecule has 0 amide bonds. The van der Waals surface area contributed by atoms with Crippen molar-refractivity contribution in [2.75, 3.05) is 6.61 Å². The lowest BCUT2D eigenvalue weighted by Gasteiger charge is -2.18. The van der Waals surface area contributed by atoms with Gasteiger partial charge in [-0.05, 0) is 40.2 Å². The number of benzene rings is 1. The fraction of sp³-hybridized carbons (Fsp3) is 0.125. The maximum Gasteiger partial charge on any atom is 0.406 e. The topological polar surface area (TPSA) is 115 Å². The van der Waals surface area contributed by atoms with E-state index >= 15 is 0 Å². The summed E-state index contributed by atoms with van der Waals surface area (Å²) < 4.78 is 19.3. The number of imidazole rings is 1. The summed E-state index contributed by atoms with van der Waals surface area (Å²) >= 11 is 0. The Bertz CT molecular complexity index is 886. The van der Waals surface area contributed by atoms with Gasteiger partial charge in [-0.15, -0.1) is 0 Å². The molecule has 2 aromatic heterocycles. The number of nitro groups is 1. The number of aliphatic hydroxyl groups excluding tert-OH is 1. The van der Waals surface area contributed by atoms with Crippen LogP contribution in [0.1, 0.15) is 11.7 Å². The minimum absolute atomic E-state index is 0.114. The van der Waals surface area contributed by atoms with Crippen molar-refractivity contribution in [3.8, 4) is 17.1 Å². The molecule has 0 fully saturated rings. The molecule has 0 aliphatic rings. The molecule has 1 aromatic carbocycles. The Morgan fingerprint density at radius 1 is 1.44 bits per heavy atom. The van der Waals surface area contributed by atoms with Gasteiger partial charge in [0.15, 0.2) is 0 Å². The fourth-order valence-corrected chi connectivity index (χ4v) is 2.44. The lowest BCUT2D eigenvalue weighted by atomic mass is 10.0. The maximum absolute atomic E-state index is 13.8. The number of aromatic nitrogens is 3. The molecule has 0 radical (unpaired) electrons. The molecule has 0 bridgehead atoms. The minimum Gasteiger partial charge on any atom is -0.475 e. The lowest BCUT2D eigenvalue weighted by Crippen LogP contribution is -2.16. The zero-order valence-corrected chi connectivity index (χ0v) is 12.8. The molecular weight excluding hydrogens is 331 g/mol. The third kappa shape index (κ3) is 3.45. The molecule has 0 aliphatic heterocycles. The van der Waals surface area contributed by atoms with Crippen LogP contribution in [-0.4, -0.2) is 26.6 Å². The van der Waals surface area contributed by atoms with Gasteiger partial charge in [-0.3, -0.25) is 0 Å². The molecular formula is C16H14FN4O4+. The summed E-state index contributed by atoms with van der Waals surface area (Å²) in [5.41, 5.74) is 0.899. The van der Waals surface area contributed by atoms with Gasteiger partial charge in [0.1, 0.15) is 30.5 Å². The first-order valence-electron chi connectivity index (χ1n) is 7.32. The summed E-state index contributed by atoms with van der Waals surface area (Å²) in [6, 6.07) is 6.85. The van der Waals surface area contributed by atoms with E-state index in [9.17, 15) is 19.6 Å². The number of nitrogens with one attached hydrogen (secondary N) is 2. The monoisotopic (exact) mass is 345 g/mol. The largest absolute Gasteiger partial charge is 0.475 e. The van der Waals surface area contributed by atoms with Gasteiger partial charge in [-0.2, -0.15) is 0 Å². The number of rotatable bonds is 6. The SMILES string of the molecule is O=[N+]([O-])c1ncccc1OC(CO)c1cc(F)ccc1-c1[nH]cc[nH+]1. The third-order valence-corrected chi connectivity index (χ3v) is 3.53. The summed E-state index contributed by atoms with van der Waals surface area (Å²) in [6.07, 6.45) is 3.55. The number of H-pyrrole nitrogens is 2. The normalized spacial score (nSPS) is 11.9. The molecule has 2 heterocycles. The highest BCUT2D eigenvalue weighted by atomic mass is 19.1. The third-order valence-electron chi connectivity index (χ3n) is 3.53. The van der Waals surface area contributed by atoms with Crippen molar-refractivity contribution in [1.82, 2.24) is 9.97 Å². The van der Waals surface area contributed by atoms with Crippen molar-refractivity contribution < 1.29 is 24.1 Å². The molecule has 8 nitrogen and oxygen atoms in total. The van der Waals surface area contributed by atoms with Crippen LogP contribution in [0.15, 0.2) is 48.9 Å². The van der Waals surface area contributed by atoms with E-state index in [1.54, 1.807) is 12.4 Å². The van der Waals surface area contributed by atoms with E-state index in [0.717, 1.165) is 0 Å². The predicted octanol–water partition coefficient (Wildman–Crippen LogP) is 2.05. The zero-order valence-electron chi connectivity index (χ0n) is 12.8. The number of hydrogen-bond acceptors (Lipinski definition) is 5. The average Bonchev–Trinajstić information content (AvgIpc) is 3.14. The molecule has 0 aliphatic carbocycles. The van der Waals surface area contributed by atoms with Gasteiger partial charge in [-0.1, -0.05) is 0 Å². The Morgan fingerprint density at radius 2 is 2.28 bits per heavy atom. The number of ether oxygens (including phenoxy) is 1. The first-order chi connectivity index (χ1) is 12.1. The molecule has 9 heteroatoms. The van der Waals surface area contributed by atoms with E-state index in [4.69, 9.17) is 4.74 Å². The van der Waals surface area contributed by atoms with E-state index < -0.39 is 29.3 Å². The molecule has 0 saturated heterocycles. The first kappa shape index (κ1) is 16.5. The van der Waals surface area contributed by atoms with Gasteiger partial charge in [0.2, 0.25) is 5.75 Å². The van der Waals surface area contributed by atoms with Crippen LogP contribution in [0, 0.1) is 15.9 Å². The molecule has 3 aromatic rings. The molecule has 0 saturated carbocycles. The quantitative estimate of drug-likeness (QED) is 0.524. The predicted molar refractivity (Wildman–Crippen MR) is 84.1 cm³/mol. The Hall–Kier alpha value is -3.33. The highest BCUT2D eigenvalue weighted by Crippen LogP contribution is 2.32. The van der Waals surface area contributed by atoms with Crippen LogP contribution in [-0.2, 0) is 0 Å². The van der Waals surface area contributed by atoms with Gasteiger partial charge < -0.3 is 20.0 Å². The van der Waals surface area contributed by atoms with Crippen molar-refractivity contribution in [3.63, 3.8) is 0 Å². The molecule has 3 rings (SSSR count). The van der Waals surface area contributed by atoms with Crippen LogP contribution in [0.25, 0.3) is 11.4 Å².